The third-order valence-corrected chi connectivity index (χ3v) is 4.38. The Morgan fingerprint density at radius 3 is 2.45 bits per heavy atom. The minimum atomic E-state index is -0.0264. The van der Waals surface area contributed by atoms with Crippen LogP contribution in [0.3, 0.4) is 0 Å². The summed E-state index contributed by atoms with van der Waals surface area (Å²) in [6, 6.07) is 18.2. The summed E-state index contributed by atoms with van der Waals surface area (Å²) in [5, 5.41) is 6.91. The first-order valence-electron chi connectivity index (χ1n) is 9.98. The van der Waals surface area contributed by atoms with Crippen molar-refractivity contribution >= 4 is 5.91 Å². The van der Waals surface area contributed by atoms with E-state index in [9.17, 15) is 4.79 Å². The maximum absolute atomic E-state index is 11.9. The van der Waals surface area contributed by atoms with Gasteiger partial charge in [-0.25, -0.2) is 0 Å². The molecule has 0 aliphatic rings. The number of nitrogens with one attached hydrogen (secondary N) is 1. The Balaban J connectivity index is 1.46. The number of carbonyl (C=O) groups is 1. The van der Waals surface area contributed by atoms with Gasteiger partial charge in [0.15, 0.2) is 0 Å². The van der Waals surface area contributed by atoms with Gasteiger partial charge in [-0.05, 0) is 31.4 Å². The van der Waals surface area contributed by atoms with Gasteiger partial charge in [-0.15, -0.1) is 0 Å². The topological polar surface area (TPSA) is 77.2 Å². The Bertz CT molecular complexity index is 889. The zero-order valence-electron chi connectivity index (χ0n) is 16.9. The third-order valence-electron chi connectivity index (χ3n) is 4.38. The van der Waals surface area contributed by atoms with Gasteiger partial charge in [0.25, 0.3) is 0 Å². The van der Waals surface area contributed by atoms with Crippen LogP contribution in [0.15, 0.2) is 59.1 Å². The fourth-order valence-electron chi connectivity index (χ4n) is 2.84. The first-order valence-corrected chi connectivity index (χ1v) is 9.98. The largest absolute Gasteiger partial charge is 0.379 e. The van der Waals surface area contributed by atoms with Crippen molar-refractivity contribution in [3.05, 3.63) is 60.5 Å². The molecule has 1 aromatic heterocycles. The summed E-state index contributed by atoms with van der Waals surface area (Å²) in [5.74, 6) is 0.970. The zero-order valence-corrected chi connectivity index (χ0v) is 16.9. The highest BCUT2D eigenvalue weighted by Gasteiger charge is 2.11. The van der Waals surface area contributed by atoms with Gasteiger partial charge in [-0.2, -0.15) is 4.98 Å². The van der Waals surface area contributed by atoms with Crippen LogP contribution in [0.1, 0.15) is 32.6 Å². The molecule has 29 heavy (non-hydrogen) atoms. The van der Waals surface area contributed by atoms with Crippen LogP contribution in [0, 0.1) is 0 Å². The smallest absolute Gasteiger partial charge is 0.227 e. The van der Waals surface area contributed by atoms with Gasteiger partial charge in [0.2, 0.25) is 17.6 Å². The number of hydrogen-bond acceptors (Lipinski definition) is 5. The molecule has 0 aliphatic heterocycles. The molecule has 1 amide bonds. The molecule has 0 unspecified atom stereocenters. The number of aryl methyl sites for hydroxylation is 1. The SMILES string of the molecule is CC(C)OCCCNC(=O)CCc1nc(-c2ccc(-c3ccccc3)cc2)no1. The van der Waals surface area contributed by atoms with E-state index in [0.717, 1.165) is 23.1 Å². The predicted molar refractivity (Wildman–Crippen MR) is 112 cm³/mol. The number of ether oxygens (including phenoxy) is 1. The lowest BCUT2D eigenvalue weighted by atomic mass is 10.0. The van der Waals surface area contributed by atoms with Crippen molar-refractivity contribution in [2.45, 2.75) is 39.2 Å². The summed E-state index contributed by atoms with van der Waals surface area (Å²) in [6.45, 7) is 5.24. The van der Waals surface area contributed by atoms with Gasteiger partial charge in [0.05, 0.1) is 6.10 Å². The van der Waals surface area contributed by atoms with E-state index in [1.807, 2.05) is 56.3 Å². The lowest BCUT2D eigenvalue weighted by Crippen LogP contribution is -2.25. The second-order valence-corrected chi connectivity index (χ2v) is 7.08. The lowest BCUT2D eigenvalue weighted by Gasteiger charge is -2.07. The molecule has 0 atom stereocenters. The molecule has 0 bridgehead atoms. The number of rotatable bonds is 10. The van der Waals surface area contributed by atoms with E-state index in [4.69, 9.17) is 9.26 Å². The molecule has 3 aromatic rings. The molecule has 1 N–H and O–H groups in total. The number of hydrogen-bond donors (Lipinski definition) is 1. The Morgan fingerprint density at radius 2 is 1.72 bits per heavy atom. The van der Waals surface area contributed by atoms with Crippen molar-refractivity contribution in [2.75, 3.05) is 13.2 Å². The Labute approximate surface area is 171 Å². The average molecular weight is 393 g/mol. The monoisotopic (exact) mass is 393 g/mol. The molecule has 2 aromatic carbocycles. The van der Waals surface area contributed by atoms with E-state index in [0.29, 0.717) is 37.7 Å². The fourth-order valence-corrected chi connectivity index (χ4v) is 2.84. The molecule has 0 fully saturated rings. The highest BCUT2D eigenvalue weighted by atomic mass is 16.5. The molecule has 6 heteroatoms. The summed E-state index contributed by atoms with van der Waals surface area (Å²) in [5.41, 5.74) is 3.18. The molecule has 0 radical (unpaired) electrons. The van der Waals surface area contributed by atoms with E-state index in [1.165, 1.54) is 0 Å². The number of benzene rings is 2. The van der Waals surface area contributed by atoms with Crippen LogP contribution in [0.5, 0.6) is 0 Å². The first-order chi connectivity index (χ1) is 14.1. The highest BCUT2D eigenvalue weighted by molar-refractivity contribution is 5.76. The van der Waals surface area contributed by atoms with Crippen molar-refractivity contribution in [2.24, 2.45) is 0 Å². The molecule has 0 saturated carbocycles. The van der Waals surface area contributed by atoms with Gasteiger partial charge in [0.1, 0.15) is 0 Å². The maximum atomic E-state index is 11.9. The van der Waals surface area contributed by atoms with E-state index < -0.39 is 0 Å². The predicted octanol–water partition coefficient (Wildman–Crippen LogP) is 4.27. The Hall–Kier alpha value is -2.99. The van der Waals surface area contributed by atoms with Crippen molar-refractivity contribution in [3.63, 3.8) is 0 Å². The number of amides is 1. The lowest BCUT2D eigenvalue weighted by molar-refractivity contribution is -0.121. The van der Waals surface area contributed by atoms with Gasteiger partial charge < -0.3 is 14.6 Å². The van der Waals surface area contributed by atoms with Crippen molar-refractivity contribution < 1.29 is 14.1 Å². The van der Waals surface area contributed by atoms with Crippen LogP contribution in [0.2, 0.25) is 0 Å². The van der Waals surface area contributed by atoms with Gasteiger partial charge in [-0.3, -0.25) is 4.79 Å². The molecule has 3 rings (SSSR count). The van der Waals surface area contributed by atoms with Crippen LogP contribution < -0.4 is 5.32 Å². The van der Waals surface area contributed by atoms with E-state index in [2.05, 4.69) is 27.6 Å². The molecule has 0 aliphatic carbocycles. The maximum Gasteiger partial charge on any atom is 0.227 e. The third kappa shape index (κ3) is 6.54. The summed E-state index contributed by atoms with van der Waals surface area (Å²) in [6.07, 6.45) is 1.75. The number of carbonyl (C=O) groups excluding carboxylic acids is 1. The van der Waals surface area contributed by atoms with Crippen molar-refractivity contribution in [1.29, 1.82) is 0 Å². The fraction of sp³-hybridized carbons (Fsp3) is 0.348. The van der Waals surface area contributed by atoms with E-state index in [-0.39, 0.29) is 12.0 Å². The van der Waals surface area contributed by atoms with Crippen molar-refractivity contribution in [1.82, 2.24) is 15.5 Å². The summed E-state index contributed by atoms with van der Waals surface area (Å²) < 4.78 is 10.7. The number of aromatic nitrogens is 2. The average Bonchev–Trinajstić information content (AvgIpc) is 3.22. The standard InChI is InChI=1S/C23H27N3O3/c1-17(2)28-16-6-15-24-21(27)13-14-22-25-23(26-29-22)20-11-9-19(10-12-20)18-7-4-3-5-8-18/h3-5,7-12,17H,6,13-16H2,1-2H3,(H,24,27). The van der Waals surface area contributed by atoms with E-state index in [1.54, 1.807) is 0 Å². The molecule has 6 nitrogen and oxygen atoms in total. The second-order valence-electron chi connectivity index (χ2n) is 7.08. The normalized spacial score (nSPS) is 11.0. The zero-order chi connectivity index (χ0) is 20.5. The molecule has 1 heterocycles. The van der Waals surface area contributed by atoms with Gasteiger partial charge in [-0.1, -0.05) is 59.8 Å². The first kappa shape index (κ1) is 20.7. The molecular weight excluding hydrogens is 366 g/mol. The molecule has 0 saturated heterocycles. The van der Waals surface area contributed by atoms with Crippen LogP contribution in [-0.4, -0.2) is 35.3 Å². The highest BCUT2D eigenvalue weighted by Crippen LogP contribution is 2.23. The van der Waals surface area contributed by atoms with Crippen LogP contribution in [-0.2, 0) is 16.0 Å². The summed E-state index contributed by atoms with van der Waals surface area (Å²) in [4.78, 5) is 16.3. The van der Waals surface area contributed by atoms with E-state index >= 15 is 0 Å². The molecular formula is C23H27N3O3. The van der Waals surface area contributed by atoms with Gasteiger partial charge >= 0.3 is 0 Å². The summed E-state index contributed by atoms with van der Waals surface area (Å²) in [7, 11) is 0. The van der Waals surface area contributed by atoms with Gasteiger partial charge in [0, 0.05) is 31.6 Å². The second kappa shape index (κ2) is 10.5. The minimum Gasteiger partial charge on any atom is -0.379 e. The van der Waals surface area contributed by atoms with Crippen LogP contribution >= 0.6 is 0 Å². The van der Waals surface area contributed by atoms with Crippen molar-refractivity contribution in [3.8, 4) is 22.5 Å². The summed E-state index contributed by atoms with van der Waals surface area (Å²) >= 11 is 0. The quantitative estimate of drug-likeness (QED) is 0.521. The van der Waals surface area contributed by atoms with Crippen LogP contribution in [0.25, 0.3) is 22.5 Å². The van der Waals surface area contributed by atoms with Crippen LogP contribution in [0.4, 0.5) is 0 Å². The molecule has 152 valence electrons. The Morgan fingerprint density at radius 1 is 1.03 bits per heavy atom. The minimum absolute atomic E-state index is 0.0264. The molecule has 0 spiro atoms. The number of nitrogens with zero attached hydrogens (tertiary/aromatic N) is 2. The Kier molecular flexibility index (Phi) is 7.53.